The van der Waals surface area contributed by atoms with Crippen LogP contribution in [0.4, 0.5) is 0 Å². The van der Waals surface area contributed by atoms with Crippen molar-refractivity contribution >= 4 is 29.2 Å². The highest BCUT2D eigenvalue weighted by Crippen LogP contribution is 2.35. The predicted molar refractivity (Wildman–Crippen MR) is 128 cm³/mol. The smallest absolute Gasteiger partial charge is 0.309 e. The lowest BCUT2D eigenvalue weighted by Gasteiger charge is -2.28. The summed E-state index contributed by atoms with van der Waals surface area (Å²) in [5, 5.41) is 32.9. The Kier molecular flexibility index (Phi) is 9.40. The van der Waals surface area contributed by atoms with Crippen molar-refractivity contribution in [2.45, 2.75) is 96.9 Å². The lowest BCUT2D eigenvalue weighted by Crippen LogP contribution is -2.39. The van der Waals surface area contributed by atoms with E-state index in [0.717, 1.165) is 24.8 Å². The van der Waals surface area contributed by atoms with Crippen LogP contribution in [0, 0.1) is 17.8 Å². The van der Waals surface area contributed by atoms with E-state index in [1.165, 1.54) is 11.3 Å². The van der Waals surface area contributed by atoms with Crippen LogP contribution in [0.15, 0.2) is 11.0 Å². The normalized spacial score (nSPS) is 36.6. The second-order valence-electron chi connectivity index (χ2n) is 9.79. The van der Waals surface area contributed by atoms with Crippen LogP contribution in [0.2, 0.25) is 0 Å². The number of carbonyl (C=O) groups is 2. The van der Waals surface area contributed by atoms with Crippen LogP contribution in [0.5, 0.6) is 0 Å². The Morgan fingerprint density at radius 3 is 2.59 bits per heavy atom. The maximum atomic E-state index is 12.8. The average Bonchev–Trinajstić information content (AvgIpc) is 3.38. The first kappa shape index (κ1) is 26.9. The second kappa shape index (κ2) is 11.9. The Bertz CT molecular complexity index is 884. The third-order valence-electron chi connectivity index (χ3n) is 7.09. The van der Waals surface area contributed by atoms with Gasteiger partial charge in [0.25, 0.3) is 0 Å². The van der Waals surface area contributed by atoms with Crippen molar-refractivity contribution in [3.63, 3.8) is 0 Å². The Morgan fingerprint density at radius 2 is 1.91 bits per heavy atom. The fraction of sp³-hybridized carbons (Fsp3) is 0.720. The molecule has 2 saturated heterocycles. The molecular formula is C25H37NO7S. The van der Waals surface area contributed by atoms with E-state index in [4.69, 9.17) is 9.47 Å². The largest absolute Gasteiger partial charge is 0.458 e. The van der Waals surface area contributed by atoms with Gasteiger partial charge in [0, 0.05) is 23.6 Å². The van der Waals surface area contributed by atoms with Crippen molar-refractivity contribution in [2.75, 3.05) is 0 Å². The van der Waals surface area contributed by atoms with E-state index in [1.54, 1.807) is 13.8 Å². The highest BCUT2D eigenvalue weighted by Gasteiger charge is 2.42. The number of cyclic esters (lactones) is 1. The van der Waals surface area contributed by atoms with Gasteiger partial charge in [-0.15, -0.1) is 11.3 Å². The monoisotopic (exact) mass is 495 g/mol. The van der Waals surface area contributed by atoms with Crippen molar-refractivity contribution in [2.24, 2.45) is 17.8 Å². The summed E-state index contributed by atoms with van der Waals surface area (Å²) in [7, 11) is 0. The van der Waals surface area contributed by atoms with Gasteiger partial charge in [-0.05, 0) is 37.3 Å². The molecule has 3 N–H and O–H groups in total. The van der Waals surface area contributed by atoms with Gasteiger partial charge in [0.15, 0.2) is 0 Å². The molecule has 3 heterocycles. The van der Waals surface area contributed by atoms with Crippen LogP contribution in [-0.2, 0) is 25.7 Å². The molecular weight excluding hydrogens is 458 g/mol. The van der Waals surface area contributed by atoms with Gasteiger partial charge in [0.2, 0.25) is 0 Å². The summed E-state index contributed by atoms with van der Waals surface area (Å²) in [6.45, 7) is 6.93. The number of esters is 1. The molecule has 1 aromatic rings. The van der Waals surface area contributed by atoms with Crippen LogP contribution in [0.1, 0.15) is 70.5 Å². The maximum Gasteiger partial charge on any atom is 0.309 e. The molecule has 0 spiro atoms. The number of Topliss-reactive ketones (excluding diaryl/α,β-unsaturated/α-hetero) is 1. The first-order valence-electron chi connectivity index (χ1n) is 12.1. The highest BCUT2D eigenvalue weighted by atomic mass is 32.1. The molecule has 0 bridgehead atoms. The van der Waals surface area contributed by atoms with Gasteiger partial charge in [-0.1, -0.05) is 27.2 Å². The Balaban J connectivity index is 1.77. The molecule has 190 valence electrons. The fourth-order valence-electron chi connectivity index (χ4n) is 4.60. The van der Waals surface area contributed by atoms with Gasteiger partial charge in [-0.3, -0.25) is 9.59 Å². The standard InChI is InChI=1S/C25H37NO7S/c1-13-6-5-7-19-21(32-19)10-20(14(2)8-17-12-34-22(11-27)26-17)33-23(29)9-18(28)15(3)25(31)16(4)24(13)30/h8,12-13,15-16,18-21,24,27-28,30H,5-7,9-11H2,1-4H3/b14-8+/t13?,15?,16?,18?,19?,20-,21?,24-/m0/s1. The lowest BCUT2D eigenvalue weighted by atomic mass is 9.81. The molecule has 9 heteroatoms. The minimum Gasteiger partial charge on any atom is -0.458 e. The summed E-state index contributed by atoms with van der Waals surface area (Å²) >= 11 is 1.35. The van der Waals surface area contributed by atoms with Gasteiger partial charge in [0.05, 0.1) is 43.1 Å². The first-order chi connectivity index (χ1) is 16.1. The van der Waals surface area contributed by atoms with Crippen LogP contribution < -0.4 is 0 Å². The molecule has 0 radical (unpaired) electrons. The van der Waals surface area contributed by atoms with E-state index in [2.05, 4.69) is 4.98 Å². The average molecular weight is 496 g/mol. The SMILES string of the molecule is C/C(=C\c1csc(CO)n1)[C@@H]1CC2OC2CCCC(C)[C@H](O)C(C)C(=O)C(C)C(O)CC(=O)O1. The number of nitrogens with zero attached hydrogens (tertiary/aromatic N) is 1. The Labute approximate surface area is 205 Å². The van der Waals surface area contributed by atoms with Gasteiger partial charge in [0.1, 0.15) is 16.9 Å². The third kappa shape index (κ3) is 6.95. The molecule has 34 heavy (non-hydrogen) atoms. The molecule has 0 amide bonds. The topological polar surface area (TPSA) is 129 Å². The zero-order valence-corrected chi connectivity index (χ0v) is 21.2. The number of carbonyl (C=O) groups excluding carboxylic acids is 2. The van der Waals surface area contributed by atoms with Crippen LogP contribution >= 0.6 is 11.3 Å². The number of ether oxygens (including phenoxy) is 2. The zero-order valence-electron chi connectivity index (χ0n) is 20.3. The van der Waals surface area contributed by atoms with E-state index in [9.17, 15) is 24.9 Å². The van der Waals surface area contributed by atoms with Gasteiger partial charge >= 0.3 is 5.97 Å². The van der Waals surface area contributed by atoms with E-state index >= 15 is 0 Å². The summed E-state index contributed by atoms with van der Waals surface area (Å²) in [5.74, 6) is -2.33. The van der Waals surface area contributed by atoms with Crippen LogP contribution in [-0.4, -0.2) is 62.6 Å². The van der Waals surface area contributed by atoms with Gasteiger partial charge in [-0.25, -0.2) is 4.98 Å². The molecule has 2 aliphatic heterocycles. The molecule has 2 fully saturated rings. The minimum absolute atomic E-state index is 0.0259. The molecule has 2 aliphatic rings. The number of hydrogen-bond donors (Lipinski definition) is 3. The summed E-state index contributed by atoms with van der Waals surface area (Å²) in [6.07, 6.45) is 2.00. The number of epoxide rings is 1. The Hall–Kier alpha value is -1.65. The number of rotatable bonds is 3. The number of thiazole rings is 1. The molecule has 0 saturated carbocycles. The number of fused-ring (bicyclic) bond motifs is 1. The van der Waals surface area contributed by atoms with Crippen LogP contribution in [0.25, 0.3) is 6.08 Å². The summed E-state index contributed by atoms with van der Waals surface area (Å²) in [6, 6.07) is 0. The number of aliphatic hydroxyl groups excluding tert-OH is 3. The van der Waals surface area contributed by atoms with E-state index in [1.807, 2.05) is 25.3 Å². The zero-order chi connectivity index (χ0) is 25.0. The number of aromatic nitrogens is 1. The van der Waals surface area contributed by atoms with Crippen molar-refractivity contribution < 1.29 is 34.4 Å². The number of ketones is 1. The molecule has 1 aromatic heterocycles. The summed E-state index contributed by atoms with van der Waals surface area (Å²) in [4.78, 5) is 29.9. The molecule has 3 rings (SSSR count). The fourth-order valence-corrected chi connectivity index (χ4v) is 5.21. The lowest BCUT2D eigenvalue weighted by molar-refractivity contribution is -0.151. The van der Waals surface area contributed by atoms with Crippen molar-refractivity contribution in [1.82, 2.24) is 4.98 Å². The number of hydrogen-bond acceptors (Lipinski definition) is 9. The molecule has 8 atom stereocenters. The van der Waals surface area contributed by atoms with Crippen molar-refractivity contribution in [1.29, 1.82) is 0 Å². The van der Waals surface area contributed by atoms with E-state index in [-0.39, 0.29) is 36.9 Å². The molecule has 8 nitrogen and oxygen atoms in total. The van der Waals surface area contributed by atoms with E-state index < -0.39 is 36.1 Å². The number of aliphatic hydroxyl groups is 3. The predicted octanol–water partition coefficient (Wildman–Crippen LogP) is 2.88. The van der Waals surface area contributed by atoms with Gasteiger partial charge < -0.3 is 24.8 Å². The third-order valence-corrected chi connectivity index (χ3v) is 7.94. The van der Waals surface area contributed by atoms with Gasteiger partial charge in [-0.2, -0.15) is 0 Å². The minimum atomic E-state index is -1.20. The van der Waals surface area contributed by atoms with Crippen LogP contribution in [0.3, 0.4) is 0 Å². The summed E-state index contributed by atoms with van der Waals surface area (Å²) in [5.41, 5.74) is 1.48. The molecule has 0 aromatic carbocycles. The van der Waals surface area contributed by atoms with E-state index in [0.29, 0.717) is 17.1 Å². The Morgan fingerprint density at radius 1 is 1.18 bits per heavy atom. The van der Waals surface area contributed by atoms with Crippen molar-refractivity contribution in [3.8, 4) is 0 Å². The van der Waals surface area contributed by atoms with Crippen molar-refractivity contribution in [3.05, 3.63) is 21.7 Å². The molecule has 0 aliphatic carbocycles. The second-order valence-corrected chi connectivity index (χ2v) is 10.7. The maximum absolute atomic E-state index is 12.8. The highest BCUT2D eigenvalue weighted by molar-refractivity contribution is 7.09. The quantitative estimate of drug-likeness (QED) is 0.431. The molecule has 6 unspecified atom stereocenters. The summed E-state index contributed by atoms with van der Waals surface area (Å²) < 4.78 is 11.6. The first-order valence-corrected chi connectivity index (χ1v) is 13.0.